The smallest absolute Gasteiger partial charge is 0.388 e. The van der Waals surface area contributed by atoms with Crippen molar-refractivity contribution in [2.75, 3.05) is 6.61 Å². The van der Waals surface area contributed by atoms with E-state index in [0.717, 1.165) is 16.8 Å². The van der Waals surface area contributed by atoms with Gasteiger partial charge in [0, 0.05) is 24.6 Å². The van der Waals surface area contributed by atoms with Gasteiger partial charge >= 0.3 is 29.2 Å². The fourth-order valence-electron chi connectivity index (χ4n) is 2.64. The molecule has 6 N–H and O–H groups in total. The Hall–Kier alpha value is -1.50. The van der Waals surface area contributed by atoms with E-state index in [1.165, 1.54) is 0 Å². The maximum Gasteiger partial charge on any atom is 0.490 e. The van der Waals surface area contributed by atoms with Crippen molar-refractivity contribution >= 4 is 23.5 Å². The molecule has 1 aliphatic heterocycles. The van der Waals surface area contributed by atoms with Crippen LogP contribution < -0.4 is 11.2 Å². The van der Waals surface area contributed by atoms with Crippen molar-refractivity contribution in [1.29, 1.82) is 5.26 Å². The first-order chi connectivity index (χ1) is 14.1. The Morgan fingerprint density at radius 1 is 1.16 bits per heavy atom. The first kappa shape index (κ1) is 25.8. The molecule has 1 aromatic rings. The van der Waals surface area contributed by atoms with Gasteiger partial charge in [-0.05, 0) is 0 Å². The molecule has 0 spiro atoms. The number of phosphoric acid groups is 3. The molecule has 0 aliphatic carbocycles. The SMILES string of the molecule is N#CC[C@H]1[C@@H](O)[C@H](n2ccc(=O)[nH]c2=O)O[C@@H]1COP(=O)(O)OP(=O)(O)OP(=O)(O)O. The van der Waals surface area contributed by atoms with Crippen LogP contribution in [0.4, 0.5) is 0 Å². The number of nitrogens with zero attached hydrogens (tertiary/aromatic N) is 2. The fourth-order valence-corrected chi connectivity index (χ4v) is 5.67. The zero-order valence-corrected chi connectivity index (χ0v) is 17.7. The zero-order chi connectivity index (χ0) is 23.6. The second-order valence-electron chi connectivity index (χ2n) is 5.99. The van der Waals surface area contributed by atoms with E-state index in [0.29, 0.717) is 0 Å². The molecule has 17 nitrogen and oxygen atoms in total. The van der Waals surface area contributed by atoms with Crippen molar-refractivity contribution in [3.05, 3.63) is 33.1 Å². The highest BCUT2D eigenvalue weighted by Crippen LogP contribution is 2.66. The van der Waals surface area contributed by atoms with Gasteiger partial charge in [0.05, 0.1) is 18.8 Å². The Morgan fingerprint density at radius 2 is 1.81 bits per heavy atom. The molecule has 1 saturated heterocycles. The minimum absolute atomic E-state index is 0.375. The van der Waals surface area contributed by atoms with Crippen molar-refractivity contribution in [3.63, 3.8) is 0 Å². The lowest BCUT2D eigenvalue weighted by molar-refractivity contribution is -0.0528. The monoisotopic (exact) mass is 507 g/mol. The van der Waals surface area contributed by atoms with Crippen LogP contribution in [0.15, 0.2) is 21.9 Å². The van der Waals surface area contributed by atoms with Crippen LogP contribution in [0, 0.1) is 17.2 Å². The molecule has 2 heterocycles. The third-order valence-corrected chi connectivity index (χ3v) is 7.60. The van der Waals surface area contributed by atoms with Crippen LogP contribution in [-0.2, 0) is 31.6 Å². The van der Waals surface area contributed by atoms with E-state index in [1.807, 2.05) is 4.98 Å². The van der Waals surface area contributed by atoms with Gasteiger partial charge in [-0.2, -0.15) is 13.9 Å². The lowest BCUT2D eigenvalue weighted by Gasteiger charge is -2.20. The van der Waals surface area contributed by atoms with Crippen molar-refractivity contribution in [1.82, 2.24) is 9.55 Å². The first-order valence-electron chi connectivity index (χ1n) is 7.94. The highest BCUT2D eigenvalue weighted by molar-refractivity contribution is 7.66. The number of nitrogens with one attached hydrogen (secondary N) is 1. The van der Waals surface area contributed by atoms with Gasteiger partial charge in [-0.3, -0.25) is 18.9 Å². The van der Waals surface area contributed by atoms with Gasteiger partial charge in [-0.15, -0.1) is 0 Å². The molecule has 0 aromatic carbocycles. The summed E-state index contributed by atoms with van der Waals surface area (Å²) >= 11 is 0. The average Bonchev–Trinajstić information content (AvgIpc) is 2.87. The maximum atomic E-state index is 11.9. The number of phosphoric ester groups is 1. The van der Waals surface area contributed by atoms with Crippen molar-refractivity contribution < 1.29 is 56.3 Å². The van der Waals surface area contributed by atoms with E-state index in [2.05, 4.69) is 13.1 Å². The summed E-state index contributed by atoms with van der Waals surface area (Å²) in [5.74, 6) is -1.08. The fraction of sp³-hybridized carbons (Fsp3) is 0.545. The zero-order valence-electron chi connectivity index (χ0n) is 15.0. The molecule has 0 radical (unpaired) electrons. The summed E-state index contributed by atoms with van der Waals surface area (Å²) in [7, 11) is -16.8. The molecule has 2 unspecified atom stereocenters. The van der Waals surface area contributed by atoms with Crippen LogP contribution in [0.25, 0.3) is 0 Å². The molecule has 2 rings (SSSR count). The molecule has 20 heteroatoms. The topological polar surface area (TPSA) is 268 Å². The highest BCUT2D eigenvalue weighted by Gasteiger charge is 2.47. The van der Waals surface area contributed by atoms with Crippen LogP contribution >= 0.6 is 23.5 Å². The van der Waals surface area contributed by atoms with Gasteiger partial charge in [0.2, 0.25) is 0 Å². The van der Waals surface area contributed by atoms with Gasteiger partial charge in [0.25, 0.3) is 5.56 Å². The highest BCUT2D eigenvalue weighted by atomic mass is 31.3. The number of hydrogen-bond donors (Lipinski definition) is 6. The number of rotatable bonds is 9. The molecule has 174 valence electrons. The Balaban J connectivity index is 2.15. The number of hydrogen-bond acceptors (Lipinski definition) is 11. The van der Waals surface area contributed by atoms with Gasteiger partial charge in [-0.1, -0.05) is 0 Å². The quantitative estimate of drug-likeness (QED) is 0.211. The molecule has 0 amide bonds. The van der Waals surface area contributed by atoms with Crippen molar-refractivity contribution in [2.24, 2.45) is 5.92 Å². The number of aromatic amines is 1. The Labute approximate surface area is 171 Å². The number of nitriles is 1. The molecular weight excluding hydrogens is 491 g/mol. The standard InChI is InChI=1S/C11H16N3O14P3/c12-3-1-6-7(5-25-30(21,22)28-31(23,24)27-29(18,19)20)26-10(9(6)16)14-4-2-8(15)13-11(14)17/h2,4,6-7,9-10,16H,1,5H2,(H,21,22)(H,23,24)(H,13,15,17)(H2,18,19,20)/t6-,7-,9-,10-/m1/s1. The summed E-state index contributed by atoms with van der Waals surface area (Å²) in [4.78, 5) is 60.6. The molecule has 0 saturated carbocycles. The predicted molar refractivity (Wildman–Crippen MR) is 94.8 cm³/mol. The van der Waals surface area contributed by atoms with Gasteiger partial charge in [0.15, 0.2) is 6.23 Å². The van der Waals surface area contributed by atoms with Crippen molar-refractivity contribution in [2.45, 2.75) is 24.9 Å². The molecular formula is C11H16N3O14P3. The van der Waals surface area contributed by atoms with Crippen LogP contribution in [0.3, 0.4) is 0 Å². The molecule has 31 heavy (non-hydrogen) atoms. The summed E-state index contributed by atoms with van der Waals surface area (Å²) in [6.07, 6.45) is -3.65. The number of aromatic nitrogens is 2. The summed E-state index contributed by atoms with van der Waals surface area (Å²) in [6.45, 7) is -0.929. The lowest BCUT2D eigenvalue weighted by Crippen LogP contribution is -2.36. The summed E-state index contributed by atoms with van der Waals surface area (Å²) in [5, 5.41) is 19.3. The molecule has 1 aliphatic rings. The predicted octanol–water partition coefficient (Wildman–Crippen LogP) is -1.33. The Kier molecular flexibility index (Phi) is 7.94. The van der Waals surface area contributed by atoms with E-state index in [9.17, 15) is 33.3 Å². The van der Waals surface area contributed by atoms with E-state index in [1.54, 1.807) is 6.07 Å². The van der Waals surface area contributed by atoms with Gasteiger partial charge in [-0.25, -0.2) is 18.5 Å². The second-order valence-corrected chi connectivity index (χ2v) is 10.4. The van der Waals surface area contributed by atoms with Crippen LogP contribution in [0.2, 0.25) is 0 Å². The largest absolute Gasteiger partial charge is 0.490 e. The number of aliphatic hydroxyl groups is 1. The van der Waals surface area contributed by atoms with Crippen LogP contribution in [0.5, 0.6) is 0 Å². The minimum atomic E-state index is -5.73. The summed E-state index contributed by atoms with van der Waals surface area (Å²) < 4.78 is 51.5. The van der Waals surface area contributed by atoms with E-state index in [4.69, 9.17) is 24.7 Å². The van der Waals surface area contributed by atoms with E-state index in [-0.39, 0.29) is 6.42 Å². The number of H-pyrrole nitrogens is 1. The summed E-state index contributed by atoms with van der Waals surface area (Å²) in [5.41, 5.74) is -1.69. The Bertz CT molecular complexity index is 1100. The van der Waals surface area contributed by atoms with E-state index < -0.39 is 65.7 Å². The van der Waals surface area contributed by atoms with Crippen LogP contribution in [0.1, 0.15) is 12.6 Å². The molecule has 1 aromatic heterocycles. The number of aliphatic hydroxyl groups excluding tert-OH is 1. The molecule has 6 atom stereocenters. The Morgan fingerprint density at radius 3 is 2.35 bits per heavy atom. The summed E-state index contributed by atoms with van der Waals surface area (Å²) in [6, 6.07) is 2.69. The normalized spacial score (nSPS) is 27.9. The second kappa shape index (κ2) is 9.55. The van der Waals surface area contributed by atoms with Gasteiger partial charge < -0.3 is 29.4 Å². The third-order valence-electron chi connectivity index (χ3n) is 3.79. The van der Waals surface area contributed by atoms with E-state index >= 15 is 0 Å². The minimum Gasteiger partial charge on any atom is -0.388 e. The van der Waals surface area contributed by atoms with Gasteiger partial charge in [0.1, 0.15) is 6.10 Å². The number of ether oxygens (including phenoxy) is 1. The molecule has 1 fully saturated rings. The average molecular weight is 507 g/mol. The lowest BCUT2D eigenvalue weighted by atomic mass is 9.95. The maximum absolute atomic E-state index is 11.9. The third kappa shape index (κ3) is 7.26. The van der Waals surface area contributed by atoms with Crippen molar-refractivity contribution in [3.8, 4) is 6.07 Å². The van der Waals surface area contributed by atoms with Crippen LogP contribution in [-0.4, -0.2) is 53.0 Å². The molecule has 0 bridgehead atoms. The first-order valence-corrected chi connectivity index (χ1v) is 12.5.